The van der Waals surface area contributed by atoms with Crippen molar-refractivity contribution in [3.05, 3.63) is 35.9 Å². The molecule has 50 heavy (non-hydrogen) atoms. The van der Waals surface area contributed by atoms with Crippen LogP contribution in [0.1, 0.15) is 116 Å². The summed E-state index contributed by atoms with van der Waals surface area (Å²) in [7, 11) is 0. The van der Waals surface area contributed by atoms with Crippen molar-refractivity contribution >= 4 is 5.97 Å². The zero-order chi connectivity index (χ0) is 36.1. The summed E-state index contributed by atoms with van der Waals surface area (Å²) in [5.41, 5.74) is 0.343. The summed E-state index contributed by atoms with van der Waals surface area (Å²) in [6.45, 7) is 15.2. The lowest BCUT2D eigenvalue weighted by Gasteiger charge is -2.49. The number of carbonyl (C=O) groups excluding carboxylic acids is 1. The highest BCUT2D eigenvalue weighted by Crippen LogP contribution is 2.35. The summed E-state index contributed by atoms with van der Waals surface area (Å²) in [5, 5.41) is 11.3. The number of hydrogen-bond donors (Lipinski definition) is 1. The fraction of sp³-hybridized carbons (Fsp3) is 0.821. The number of carbonyl (C=O) groups is 1. The molecule has 5 unspecified atom stereocenters. The van der Waals surface area contributed by atoms with Gasteiger partial charge in [-0.15, -0.1) is 0 Å². The molecule has 0 spiro atoms. The van der Waals surface area contributed by atoms with Crippen LogP contribution in [0.25, 0.3) is 0 Å². The maximum atomic E-state index is 13.4. The van der Waals surface area contributed by atoms with E-state index in [-0.39, 0.29) is 6.61 Å². The SMILES string of the molecule is CCCCOC[C@@H]1O[C@H](OC2[C@H](OC(=O)c3ccccc3)C(O)OC(C)[C@@H]2OCCCC)C(OCCCC)C(OCCCC)[C@@H]1OCCCC. The molecule has 0 aromatic heterocycles. The van der Waals surface area contributed by atoms with Crippen molar-refractivity contribution in [3.63, 3.8) is 0 Å². The minimum absolute atomic E-state index is 0.279. The van der Waals surface area contributed by atoms with Crippen molar-refractivity contribution in [1.29, 1.82) is 0 Å². The standard InChI is InChI=1S/C39H66O11/c1-7-12-22-42-27-30-32(44-24-14-9-3)33(45-25-15-10-4)36(46-26-16-11-5)39(48-30)50-34-31(43-23-13-8-2)28(6)47-38(41)35(34)49-37(40)29-20-18-17-19-21-29/h17-21,28,30-36,38-39,41H,7-16,22-27H2,1-6H3/t28?,30-,31-,32+,33?,34?,35-,36?,38?,39+/m0/s1. The fourth-order valence-electron chi connectivity index (χ4n) is 6.01. The number of rotatable bonds is 25. The van der Waals surface area contributed by atoms with Gasteiger partial charge in [-0.25, -0.2) is 4.79 Å². The normalized spacial score (nSPS) is 30.0. The van der Waals surface area contributed by atoms with Gasteiger partial charge in [-0.2, -0.15) is 0 Å². The Morgan fingerprint density at radius 2 is 1.16 bits per heavy atom. The second kappa shape index (κ2) is 24.5. The molecule has 2 fully saturated rings. The minimum atomic E-state index is -1.47. The maximum Gasteiger partial charge on any atom is 0.338 e. The molecule has 3 rings (SSSR count). The predicted molar refractivity (Wildman–Crippen MR) is 190 cm³/mol. The Balaban J connectivity index is 2.03. The van der Waals surface area contributed by atoms with Crippen LogP contribution in [-0.2, 0) is 42.6 Å². The first-order valence-corrected chi connectivity index (χ1v) is 19.3. The lowest BCUT2D eigenvalue weighted by atomic mass is 9.96. The van der Waals surface area contributed by atoms with Gasteiger partial charge in [-0.05, 0) is 51.2 Å². The molecule has 10 atom stereocenters. The van der Waals surface area contributed by atoms with Gasteiger partial charge in [0.05, 0.1) is 18.3 Å². The van der Waals surface area contributed by atoms with Crippen LogP contribution in [0.3, 0.4) is 0 Å². The molecule has 1 N–H and O–H groups in total. The quantitative estimate of drug-likeness (QED) is 0.0871. The molecule has 1 aromatic rings. The third-order valence-corrected chi connectivity index (χ3v) is 9.04. The second-order valence-corrected chi connectivity index (χ2v) is 13.3. The smallest absolute Gasteiger partial charge is 0.338 e. The topological polar surface area (TPSA) is 120 Å². The van der Waals surface area contributed by atoms with Crippen LogP contribution in [0.15, 0.2) is 30.3 Å². The molecule has 0 radical (unpaired) electrons. The molecule has 11 heteroatoms. The molecule has 0 bridgehead atoms. The summed E-state index contributed by atoms with van der Waals surface area (Å²) < 4.78 is 57.8. The largest absolute Gasteiger partial charge is 0.450 e. The number of esters is 1. The van der Waals surface area contributed by atoms with E-state index in [1.54, 1.807) is 24.3 Å². The summed E-state index contributed by atoms with van der Waals surface area (Å²) in [6, 6.07) is 8.65. The zero-order valence-electron chi connectivity index (χ0n) is 31.5. The molecule has 0 aliphatic carbocycles. The number of benzene rings is 1. The van der Waals surface area contributed by atoms with Crippen molar-refractivity contribution in [2.45, 2.75) is 167 Å². The third kappa shape index (κ3) is 13.4. The molecule has 1 aromatic carbocycles. The average molecular weight is 711 g/mol. The Kier molecular flexibility index (Phi) is 21.0. The molecule has 2 aliphatic rings. The van der Waals surface area contributed by atoms with E-state index in [1.165, 1.54) is 0 Å². The van der Waals surface area contributed by atoms with E-state index in [1.807, 2.05) is 13.0 Å². The molecule has 2 heterocycles. The van der Waals surface area contributed by atoms with Crippen molar-refractivity contribution in [1.82, 2.24) is 0 Å². The minimum Gasteiger partial charge on any atom is -0.450 e. The summed E-state index contributed by atoms with van der Waals surface area (Å²) >= 11 is 0. The van der Waals surface area contributed by atoms with E-state index in [2.05, 4.69) is 34.6 Å². The van der Waals surface area contributed by atoms with Crippen LogP contribution < -0.4 is 0 Å². The third-order valence-electron chi connectivity index (χ3n) is 9.04. The maximum absolute atomic E-state index is 13.4. The Labute approximate surface area is 300 Å². The monoisotopic (exact) mass is 710 g/mol. The number of aliphatic hydroxyl groups excluding tert-OH is 1. The average Bonchev–Trinajstić information content (AvgIpc) is 3.11. The lowest BCUT2D eigenvalue weighted by Crippen LogP contribution is -2.66. The van der Waals surface area contributed by atoms with Crippen LogP contribution in [0.4, 0.5) is 0 Å². The Morgan fingerprint density at radius 3 is 1.74 bits per heavy atom. The van der Waals surface area contributed by atoms with Gasteiger partial charge in [-0.1, -0.05) is 84.9 Å². The van der Waals surface area contributed by atoms with E-state index in [4.69, 9.17) is 42.6 Å². The number of hydrogen-bond acceptors (Lipinski definition) is 11. The molecular weight excluding hydrogens is 644 g/mol. The fourth-order valence-corrected chi connectivity index (χ4v) is 6.01. The summed E-state index contributed by atoms with van der Waals surface area (Å²) in [6.07, 6.45) is 1.09. The molecule has 11 nitrogen and oxygen atoms in total. The van der Waals surface area contributed by atoms with E-state index < -0.39 is 67.4 Å². The van der Waals surface area contributed by atoms with Crippen LogP contribution in [0.2, 0.25) is 0 Å². The molecule has 2 aliphatic heterocycles. The molecule has 0 amide bonds. The first-order chi connectivity index (χ1) is 24.4. The highest BCUT2D eigenvalue weighted by Gasteiger charge is 2.54. The number of ether oxygens (including phenoxy) is 9. The summed E-state index contributed by atoms with van der Waals surface area (Å²) in [5.74, 6) is -0.610. The van der Waals surface area contributed by atoms with Gasteiger partial charge >= 0.3 is 5.97 Å². The first-order valence-electron chi connectivity index (χ1n) is 19.3. The van der Waals surface area contributed by atoms with Crippen LogP contribution in [0.5, 0.6) is 0 Å². The van der Waals surface area contributed by atoms with E-state index in [9.17, 15) is 9.90 Å². The second-order valence-electron chi connectivity index (χ2n) is 13.3. The van der Waals surface area contributed by atoms with Gasteiger partial charge in [-0.3, -0.25) is 0 Å². The molecule has 0 saturated carbocycles. The molecule has 288 valence electrons. The Morgan fingerprint density at radius 1 is 0.640 bits per heavy atom. The predicted octanol–water partition coefficient (Wildman–Crippen LogP) is 6.62. The Hall–Kier alpha value is -1.67. The van der Waals surface area contributed by atoms with Crippen molar-refractivity contribution in [2.75, 3.05) is 39.6 Å². The van der Waals surface area contributed by atoms with Gasteiger partial charge < -0.3 is 47.7 Å². The van der Waals surface area contributed by atoms with E-state index >= 15 is 0 Å². The van der Waals surface area contributed by atoms with Gasteiger partial charge in [0.2, 0.25) is 0 Å². The summed E-state index contributed by atoms with van der Waals surface area (Å²) in [4.78, 5) is 13.4. The highest BCUT2D eigenvalue weighted by molar-refractivity contribution is 5.89. The highest BCUT2D eigenvalue weighted by atomic mass is 16.7. The molecular formula is C39H66O11. The van der Waals surface area contributed by atoms with Gasteiger partial charge in [0.25, 0.3) is 0 Å². The van der Waals surface area contributed by atoms with Crippen molar-refractivity contribution in [2.24, 2.45) is 0 Å². The number of unbranched alkanes of at least 4 members (excludes halogenated alkanes) is 5. The van der Waals surface area contributed by atoms with Crippen LogP contribution >= 0.6 is 0 Å². The van der Waals surface area contributed by atoms with Gasteiger partial charge in [0.1, 0.15) is 36.6 Å². The van der Waals surface area contributed by atoms with Crippen LogP contribution in [-0.4, -0.2) is 112 Å². The number of aliphatic hydroxyl groups is 1. The Bertz CT molecular complexity index is 1010. The van der Waals surface area contributed by atoms with Crippen molar-refractivity contribution in [3.8, 4) is 0 Å². The van der Waals surface area contributed by atoms with Gasteiger partial charge in [0, 0.05) is 33.0 Å². The zero-order valence-corrected chi connectivity index (χ0v) is 31.5. The molecule has 2 saturated heterocycles. The van der Waals surface area contributed by atoms with E-state index in [0.29, 0.717) is 38.6 Å². The van der Waals surface area contributed by atoms with Crippen LogP contribution in [0, 0.1) is 0 Å². The first kappa shape index (κ1) is 42.7. The lowest BCUT2D eigenvalue weighted by molar-refractivity contribution is -0.365. The van der Waals surface area contributed by atoms with E-state index in [0.717, 1.165) is 64.2 Å². The van der Waals surface area contributed by atoms with Crippen molar-refractivity contribution < 1.29 is 52.5 Å². The van der Waals surface area contributed by atoms with Gasteiger partial charge in [0.15, 0.2) is 18.7 Å².